The maximum absolute atomic E-state index is 13.3. The van der Waals surface area contributed by atoms with Gasteiger partial charge in [0.1, 0.15) is 5.75 Å². The van der Waals surface area contributed by atoms with Crippen LogP contribution in [0.4, 0.5) is 5.69 Å². The lowest BCUT2D eigenvalue weighted by atomic mass is 9.71. The summed E-state index contributed by atoms with van der Waals surface area (Å²) in [6.45, 7) is 2.62. The molecule has 0 unspecified atom stereocenters. The molecule has 0 fully saturated rings. The van der Waals surface area contributed by atoms with E-state index in [1.165, 1.54) is 0 Å². The molecular formula is C29H27Br2ClN2O4. The van der Waals surface area contributed by atoms with Crippen LogP contribution in [0.2, 0.25) is 5.02 Å². The van der Waals surface area contributed by atoms with Crippen molar-refractivity contribution in [3.63, 3.8) is 0 Å². The highest BCUT2D eigenvalue weighted by Crippen LogP contribution is 2.50. The van der Waals surface area contributed by atoms with Crippen LogP contribution in [0.1, 0.15) is 56.9 Å². The zero-order valence-electron chi connectivity index (χ0n) is 20.9. The van der Waals surface area contributed by atoms with E-state index in [-0.39, 0.29) is 24.1 Å². The molecule has 3 aliphatic rings. The van der Waals surface area contributed by atoms with Gasteiger partial charge in [0.2, 0.25) is 0 Å². The number of nitrogens with zero attached hydrogens (tertiary/aromatic N) is 1. The fraction of sp³-hybridized carbons (Fsp3) is 0.345. The SMILES string of the molecule is CCN1C2=C(C(=O)CCC2)C(c2cc(Br)c(OCC(=O)Nc3ccc(Cl)cc3)c(Br)c2)C2=C1CCCC2=O. The third kappa shape index (κ3) is 5.23. The van der Waals surface area contributed by atoms with Crippen LogP contribution in [-0.4, -0.2) is 35.5 Å². The van der Waals surface area contributed by atoms with Crippen LogP contribution in [0.15, 0.2) is 67.9 Å². The number of carbonyl (C=O) groups is 3. The molecule has 1 amide bonds. The standard InChI is InChI=1S/C29H27Br2ClN2O4/c1-2-34-21-5-3-7-23(35)27(21)26(28-22(34)6-4-8-24(28)36)16-13-19(30)29(20(31)14-16)38-15-25(37)33-18-11-9-17(32)10-12-18/h9-14,26H,2-8,15H2,1H3,(H,33,37). The molecule has 198 valence electrons. The molecule has 5 rings (SSSR count). The van der Waals surface area contributed by atoms with Crippen molar-refractivity contribution in [3.8, 4) is 5.75 Å². The second-order valence-electron chi connectivity index (χ2n) is 9.61. The molecule has 1 aliphatic heterocycles. The van der Waals surface area contributed by atoms with E-state index in [0.717, 1.165) is 60.3 Å². The first-order valence-electron chi connectivity index (χ1n) is 12.8. The van der Waals surface area contributed by atoms with Crippen LogP contribution in [-0.2, 0) is 14.4 Å². The summed E-state index contributed by atoms with van der Waals surface area (Å²) in [6.07, 6.45) is 4.32. The van der Waals surface area contributed by atoms with Crippen molar-refractivity contribution in [1.29, 1.82) is 0 Å². The molecule has 38 heavy (non-hydrogen) atoms. The first kappa shape index (κ1) is 27.2. The van der Waals surface area contributed by atoms with Gasteiger partial charge in [-0.05, 0) is 106 Å². The van der Waals surface area contributed by atoms with Gasteiger partial charge in [0, 0.05) is 58.6 Å². The monoisotopic (exact) mass is 660 g/mol. The minimum Gasteiger partial charge on any atom is -0.481 e. The van der Waals surface area contributed by atoms with Crippen molar-refractivity contribution in [1.82, 2.24) is 4.90 Å². The number of rotatable bonds is 6. The van der Waals surface area contributed by atoms with Crippen LogP contribution >= 0.6 is 43.5 Å². The van der Waals surface area contributed by atoms with E-state index in [9.17, 15) is 14.4 Å². The van der Waals surface area contributed by atoms with E-state index in [0.29, 0.717) is 38.2 Å². The Morgan fingerprint density at radius 3 is 2.05 bits per heavy atom. The summed E-state index contributed by atoms with van der Waals surface area (Å²) in [6, 6.07) is 10.6. The maximum atomic E-state index is 13.3. The number of Topliss-reactive ketones (excluding diaryl/α,β-unsaturated/α-hetero) is 2. The quantitative estimate of drug-likeness (QED) is 0.351. The Morgan fingerprint density at radius 1 is 0.974 bits per heavy atom. The van der Waals surface area contributed by atoms with Crippen molar-refractivity contribution in [3.05, 3.63) is 78.5 Å². The number of carbonyl (C=O) groups excluding carboxylic acids is 3. The molecule has 0 radical (unpaired) electrons. The summed E-state index contributed by atoms with van der Waals surface area (Å²) in [5.74, 6) is -0.0120. The summed E-state index contributed by atoms with van der Waals surface area (Å²) in [5, 5.41) is 3.36. The predicted octanol–water partition coefficient (Wildman–Crippen LogP) is 7.32. The van der Waals surface area contributed by atoms with Gasteiger partial charge in [-0.1, -0.05) is 11.6 Å². The molecule has 0 spiro atoms. The van der Waals surface area contributed by atoms with Gasteiger partial charge in [-0.3, -0.25) is 14.4 Å². The summed E-state index contributed by atoms with van der Waals surface area (Å²) >= 11 is 13.1. The van der Waals surface area contributed by atoms with Gasteiger partial charge >= 0.3 is 0 Å². The Balaban J connectivity index is 1.46. The number of hydrogen-bond acceptors (Lipinski definition) is 5. The second kappa shape index (κ2) is 11.4. The van der Waals surface area contributed by atoms with E-state index in [2.05, 4.69) is 49.0 Å². The van der Waals surface area contributed by atoms with E-state index in [1.54, 1.807) is 24.3 Å². The van der Waals surface area contributed by atoms with Gasteiger partial charge in [-0.2, -0.15) is 0 Å². The molecule has 6 nitrogen and oxygen atoms in total. The number of anilines is 1. The Labute approximate surface area is 243 Å². The average Bonchev–Trinajstić information content (AvgIpc) is 2.88. The highest BCUT2D eigenvalue weighted by Gasteiger charge is 2.43. The number of benzene rings is 2. The summed E-state index contributed by atoms with van der Waals surface area (Å²) in [4.78, 5) is 41.3. The lowest BCUT2D eigenvalue weighted by Crippen LogP contribution is -2.39. The zero-order chi connectivity index (χ0) is 27.0. The van der Waals surface area contributed by atoms with Gasteiger partial charge in [0.05, 0.1) is 8.95 Å². The molecule has 0 saturated carbocycles. The highest BCUT2D eigenvalue weighted by atomic mass is 79.9. The number of hydrogen-bond donors (Lipinski definition) is 1. The van der Waals surface area contributed by atoms with E-state index < -0.39 is 5.92 Å². The van der Waals surface area contributed by atoms with E-state index in [4.69, 9.17) is 16.3 Å². The molecule has 0 saturated heterocycles. The molecule has 0 atom stereocenters. The average molecular weight is 663 g/mol. The Bertz CT molecular complexity index is 1320. The molecule has 0 bridgehead atoms. The number of halogens is 3. The molecule has 9 heteroatoms. The van der Waals surface area contributed by atoms with Crippen LogP contribution < -0.4 is 10.1 Å². The smallest absolute Gasteiger partial charge is 0.262 e. The Morgan fingerprint density at radius 2 is 1.53 bits per heavy atom. The van der Waals surface area contributed by atoms with Crippen LogP contribution in [0, 0.1) is 0 Å². The summed E-state index contributed by atoms with van der Waals surface area (Å²) < 4.78 is 7.13. The number of amides is 1. The van der Waals surface area contributed by atoms with Crippen LogP contribution in [0.5, 0.6) is 5.75 Å². The van der Waals surface area contributed by atoms with Crippen molar-refractivity contribution >= 4 is 66.6 Å². The molecule has 0 aromatic heterocycles. The van der Waals surface area contributed by atoms with Crippen molar-refractivity contribution in [2.45, 2.75) is 51.4 Å². The molecule has 1 N–H and O–H groups in total. The molecule has 2 aliphatic carbocycles. The van der Waals surface area contributed by atoms with E-state index >= 15 is 0 Å². The molecule has 2 aromatic carbocycles. The minimum atomic E-state index is -0.404. The van der Waals surface area contributed by atoms with Crippen LogP contribution in [0.3, 0.4) is 0 Å². The fourth-order valence-corrected chi connectivity index (χ4v) is 7.26. The predicted molar refractivity (Wildman–Crippen MR) is 154 cm³/mol. The first-order valence-corrected chi connectivity index (χ1v) is 14.7. The highest BCUT2D eigenvalue weighted by molar-refractivity contribution is 9.11. The van der Waals surface area contributed by atoms with Crippen LogP contribution in [0.25, 0.3) is 0 Å². The third-order valence-corrected chi connectivity index (χ3v) is 8.66. The normalized spacial score (nSPS) is 17.9. The second-order valence-corrected chi connectivity index (χ2v) is 11.8. The summed E-state index contributed by atoms with van der Waals surface area (Å²) in [5.41, 5.74) is 5.10. The van der Waals surface area contributed by atoms with Gasteiger partial charge < -0.3 is 15.0 Å². The van der Waals surface area contributed by atoms with E-state index in [1.807, 2.05) is 12.1 Å². The molecule has 1 heterocycles. The zero-order valence-corrected chi connectivity index (χ0v) is 24.8. The van der Waals surface area contributed by atoms with Gasteiger partial charge in [0.25, 0.3) is 5.91 Å². The van der Waals surface area contributed by atoms with Gasteiger partial charge in [-0.25, -0.2) is 0 Å². The van der Waals surface area contributed by atoms with Gasteiger partial charge in [-0.15, -0.1) is 0 Å². The number of allylic oxidation sites excluding steroid dienone is 4. The van der Waals surface area contributed by atoms with Crippen molar-refractivity contribution in [2.75, 3.05) is 18.5 Å². The molecular weight excluding hydrogens is 636 g/mol. The lowest BCUT2D eigenvalue weighted by molar-refractivity contribution is -0.118. The maximum Gasteiger partial charge on any atom is 0.262 e. The Hall–Kier alpha value is -2.42. The largest absolute Gasteiger partial charge is 0.481 e. The fourth-order valence-electron chi connectivity index (χ4n) is 5.68. The third-order valence-electron chi connectivity index (χ3n) is 7.23. The van der Waals surface area contributed by atoms with Gasteiger partial charge in [0.15, 0.2) is 18.2 Å². The number of ketones is 2. The minimum absolute atomic E-state index is 0.117. The lowest BCUT2D eigenvalue weighted by Gasteiger charge is -2.43. The number of nitrogens with one attached hydrogen (secondary N) is 1. The number of ether oxygens (including phenoxy) is 1. The van der Waals surface area contributed by atoms with Crippen molar-refractivity contribution in [2.24, 2.45) is 0 Å². The van der Waals surface area contributed by atoms with Crippen molar-refractivity contribution < 1.29 is 19.1 Å². The topological polar surface area (TPSA) is 75.7 Å². The first-order chi connectivity index (χ1) is 18.3. The summed E-state index contributed by atoms with van der Waals surface area (Å²) in [7, 11) is 0. The molecule has 2 aromatic rings. The Kier molecular flexibility index (Phi) is 8.12.